The molecule has 0 radical (unpaired) electrons. The van der Waals surface area contributed by atoms with Crippen LogP contribution in [0.5, 0.6) is 5.75 Å². The molecule has 1 N–H and O–H groups in total. The van der Waals surface area contributed by atoms with Crippen molar-refractivity contribution in [3.05, 3.63) is 59.7 Å². The standard InChI is InChI=1S/C20H23N3O4/c1-15-2-4-16(5-3-15)10-23-14-26-25-13-21-20(23)22-17-6-8-18(9-7-17)27-19-11-24-12-19/h2-9,19H,10-14H2,1H3,(H,21,22). The molecule has 0 aromatic heterocycles. The largest absolute Gasteiger partial charge is 0.486 e. The van der Waals surface area contributed by atoms with Crippen LogP contribution in [0.4, 0.5) is 5.69 Å². The Morgan fingerprint density at radius 2 is 1.85 bits per heavy atom. The third kappa shape index (κ3) is 4.77. The molecule has 0 spiro atoms. The zero-order valence-corrected chi connectivity index (χ0v) is 15.3. The van der Waals surface area contributed by atoms with E-state index in [4.69, 9.17) is 19.2 Å². The van der Waals surface area contributed by atoms with E-state index in [1.807, 2.05) is 29.2 Å². The van der Waals surface area contributed by atoms with E-state index >= 15 is 0 Å². The lowest BCUT2D eigenvalue weighted by Crippen LogP contribution is -2.38. The number of aryl methyl sites for hydroxylation is 1. The molecule has 0 bridgehead atoms. The first-order chi connectivity index (χ1) is 13.3. The fourth-order valence-corrected chi connectivity index (χ4v) is 2.76. The molecule has 2 aliphatic rings. The number of guanidine groups is 1. The minimum Gasteiger partial charge on any atom is -0.486 e. The van der Waals surface area contributed by atoms with Gasteiger partial charge in [-0.1, -0.05) is 29.8 Å². The first-order valence-electron chi connectivity index (χ1n) is 8.97. The van der Waals surface area contributed by atoms with E-state index in [1.54, 1.807) is 0 Å². The molecule has 1 fully saturated rings. The molecule has 2 heterocycles. The van der Waals surface area contributed by atoms with Crippen LogP contribution in [0.25, 0.3) is 0 Å². The summed E-state index contributed by atoms with van der Waals surface area (Å²) >= 11 is 0. The molecule has 0 unspecified atom stereocenters. The number of nitrogens with one attached hydrogen (secondary N) is 1. The number of hydrogen-bond acceptors (Lipinski definition) is 7. The van der Waals surface area contributed by atoms with Crippen molar-refractivity contribution >= 4 is 11.6 Å². The zero-order chi connectivity index (χ0) is 18.5. The van der Waals surface area contributed by atoms with Gasteiger partial charge in [0.15, 0.2) is 13.5 Å². The van der Waals surface area contributed by atoms with E-state index < -0.39 is 0 Å². The lowest BCUT2D eigenvalue weighted by atomic mass is 10.1. The van der Waals surface area contributed by atoms with Crippen LogP contribution in [-0.2, 0) is 21.1 Å². The van der Waals surface area contributed by atoms with Crippen LogP contribution in [0.1, 0.15) is 11.1 Å². The topological polar surface area (TPSA) is 64.6 Å². The normalized spacial score (nSPS) is 17.7. The summed E-state index contributed by atoms with van der Waals surface area (Å²) in [6.07, 6.45) is 0.161. The maximum absolute atomic E-state index is 5.79. The van der Waals surface area contributed by atoms with Crippen LogP contribution < -0.4 is 10.1 Å². The highest BCUT2D eigenvalue weighted by Gasteiger charge is 2.20. The lowest BCUT2D eigenvalue weighted by molar-refractivity contribution is -0.304. The van der Waals surface area contributed by atoms with Crippen molar-refractivity contribution in [3.8, 4) is 5.75 Å². The molecular weight excluding hydrogens is 346 g/mol. The zero-order valence-electron chi connectivity index (χ0n) is 15.3. The molecule has 2 aliphatic heterocycles. The number of aliphatic imine (C=N–C) groups is 1. The minimum atomic E-state index is 0.148. The van der Waals surface area contributed by atoms with Gasteiger partial charge in [-0.2, -0.15) is 0 Å². The molecule has 2 aromatic carbocycles. The summed E-state index contributed by atoms with van der Waals surface area (Å²) in [7, 11) is 0. The van der Waals surface area contributed by atoms with Gasteiger partial charge in [-0.05, 0) is 36.8 Å². The van der Waals surface area contributed by atoms with Gasteiger partial charge in [0.1, 0.15) is 11.9 Å². The fourth-order valence-electron chi connectivity index (χ4n) is 2.76. The number of nitrogens with zero attached hydrogens (tertiary/aromatic N) is 2. The van der Waals surface area contributed by atoms with Gasteiger partial charge >= 0.3 is 0 Å². The SMILES string of the molecule is Cc1ccc(CN2COOCN=C2Nc2ccc(OC3COC3)cc2)cc1. The summed E-state index contributed by atoms with van der Waals surface area (Å²) in [6.45, 7) is 4.50. The number of ether oxygens (including phenoxy) is 2. The van der Waals surface area contributed by atoms with Gasteiger partial charge < -0.3 is 19.7 Å². The number of benzene rings is 2. The molecule has 2 aromatic rings. The summed E-state index contributed by atoms with van der Waals surface area (Å²) in [5, 5.41) is 3.35. The smallest absolute Gasteiger partial charge is 0.203 e. The van der Waals surface area contributed by atoms with Crippen molar-refractivity contribution in [1.82, 2.24) is 4.90 Å². The first kappa shape index (κ1) is 17.8. The second-order valence-electron chi connectivity index (χ2n) is 6.59. The molecule has 4 rings (SSSR count). The molecule has 27 heavy (non-hydrogen) atoms. The molecule has 142 valence electrons. The van der Waals surface area contributed by atoms with Crippen LogP contribution in [-0.4, -0.2) is 43.6 Å². The molecule has 0 amide bonds. The Labute approximate surface area is 158 Å². The van der Waals surface area contributed by atoms with E-state index in [-0.39, 0.29) is 12.8 Å². The van der Waals surface area contributed by atoms with Crippen molar-refractivity contribution in [1.29, 1.82) is 0 Å². The summed E-state index contributed by atoms with van der Waals surface area (Å²) in [5.74, 6) is 1.54. The Balaban J connectivity index is 1.42. The molecular formula is C20H23N3O4. The molecule has 7 heteroatoms. The summed E-state index contributed by atoms with van der Waals surface area (Å²) in [5.41, 5.74) is 3.32. The highest BCUT2D eigenvalue weighted by Crippen LogP contribution is 2.20. The Kier molecular flexibility index (Phi) is 5.53. The van der Waals surface area contributed by atoms with Gasteiger partial charge in [0.2, 0.25) is 5.96 Å². The summed E-state index contributed by atoms with van der Waals surface area (Å²) in [4.78, 5) is 16.7. The second kappa shape index (κ2) is 8.39. The average molecular weight is 369 g/mol. The quantitative estimate of drug-likeness (QED) is 0.818. The predicted octanol–water partition coefficient (Wildman–Crippen LogP) is 2.92. The van der Waals surface area contributed by atoms with Crippen LogP contribution in [0.15, 0.2) is 53.5 Å². The van der Waals surface area contributed by atoms with Crippen LogP contribution in [0, 0.1) is 6.92 Å². The van der Waals surface area contributed by atoms with Crippen molar-refractivity contribution in [3.63, 3.8) is 0 Å². The average Bonchev–Trinajstić information content (AvgIpc) is 2.87. The Morgan fingerprint density at radius 3 is 2.56 bits per heavy atom. The monoisotopic (exact) mass is 369 g/mol. The summed E-state index contributed by atoms with van der Waals surface area (Å²) < 4.78 is 10.9. The van der Waals surface area contributed by atoms with Crippen molar-refractivity contribution in [2.24, 2.45) is 4.99 Å². The Bertz CT molecular complexity index is 773. The molecule has 1 saturated heterocycles. The second-order valence-corrected chi connectivity index (χ2v) is 6.59. The highest BCUT2D eigenvalue weighted by molar-refractivity contribution is 5.93. The van der Waals surface area contributed by atoms with Crippen LogP contribution >= 0.6 is 0 Å². The van der Waals surface area contributed by atoms with E-state index in [0.29, 0.717) is 32.4 Å². The lowest BCUT2D eigenvalue weighted by Gasteiger charge is -2.27. The van der Waals surface area contributed by atoms with Gasteiger partial charge in [0.05, 0.1) is 13.2 Å². The van der Waals surface area contributed by atoms with Gasteiger partial charge in [-0.15, -0.1) is 0 Å². The number of anilines is 1. The van der Waals surface area contributed by atoms with E-state index in [9.17, 15) is 0 Å². The van der Waals surface area contributed by atoms with Gasteiger partial charge in [0, 0.05) is 12.2 Å². The maximum atomic E-state index is 5.79. The third-order valence-corrected chi connectivity index (χ3v) is 4.37. The molecule has 0 saturated carbocycles. The van der Waals surface area contributed by atoms with Crippen LogP contribution in [0.3, 0.4) is 0 Å². The highest BCUT2D eigenvalue weighted by atomic mass is 17.2. The van der Waals surface area contributed by atoms with E-state index in [0.717, 1.165) is 11.4 Å². The Morgan fingerprint density at radius 1 is 1.07 bits per heavy atom. The maximum Gasteiger partial charge on any atom is 0.203 e. The molecule has 0 atom stereocenters. The van der Waals surface area contributed by atoms with Crippen molar-refractivity contribution in [2.45, 2.75) is 19.6 Å². The Hall–Kier alpha value is -2.61. The molecule has 0 aliphatic carbocycles. The fraction of sp³-hybridized carbons (Fsp3) is 0.350. The van der Waals surface area contributed by atoms with E-state index in [2.05, 4.69) is 41.5 Å². The summed E-state index contributed by atoms with van der Waals surface area (Å²) in [6, 6.07) is 16.2. The van der Waals surface area contributed by atoms with Crippen molar-refractivity contribution < 1.29 is 19.2 Å². The minimum absolute atomic E-state index is 0.148. The predicted molar refractivity (Wildman–Crippen MR) is 101 cm³/mol. The number of hydrogen-bond donors (Lipinski definition) is 1. The van der Waals surface area contributed by atoms with E-state index in [1.165, 1.54) is 11.1 Å². The number of rotatable bonds is 5. The third-order valence-electron chi connectivity index (χ3n) is 4.37. The molecule has 7 nitrogen and oxygen atoms in total. The van der Waals surface area contributed by atoms with Gasteiger partial charge in [-0.25, -0.2) is 14.8 Å². The van der Waals surface area contributed by atoms with Gasteiger partial charge in [-0.3, -0.25) is 0 Å². The van der Waals surface area contributed by atoms with Gasteiger partial charge in [0.25, 0.3) is 0 Å². The van der Waals surface area contributed by atoms with Crippen LogP contribution in [0.2, 0.25) is 0 Å². The van der Waals surface area contributed by atoms with Crippen molar-refractivity contribution in [2.75, 3.05) is 32.0 Å². The first-order valence-corrected chi connectivity index (χ1v) is 8.97.